The molecule has 0 saturated heterocycles. The summed E-state index contributed by atoms with van der Waals surface area (Å²) in [5, 5.41) is 17.1. The zero-order valence-electron chi connectivity index (χ0n) is 11.7. The van der Waals surface area contributed by atoms with Gasteiger partial charge in [-0.2, -0.15) is 0 Å². The van der Waals surface area contributed by atoms with Crippen molar-refractivity contribution in [2.24, 2.45) is 0 Å². The number of benzene rings is 1. The molecule has 1 N–H and O–H groups in total. The molecule has 110 valence electrons. The molecule has 8 heteroatoms. The number of thioether (sulfide) groups is 1. The van der Waals surface area contributed by atoms with Gasteiger partial charge in [-0.3, -0.25) is 0 Å². The maximum atomic E-state index is 4.62. The Morgan fingerprint density at radius 1 is 1.33 bits per heavy atom. The van der Waals surface area contributed by atoms with Gasteiger partial charge in [-0.25, -0.2) is 9.67 Å². The van der Waals surface area contributed by atoms with Crippen molar-refractivity contribution in [3.05, 3.63) is 29.3 Å². The van der Waals surface area contributed by atoms with Crippen LogP contribution in [0.25, 0.3) is 10.2 Å². The zero-order valence-corrected chi connectivity index (χ0v) is 13.3. The smallest absolute Gasteiger partial charge is 0.209 e. The Morgan fingerprint density at radius 3 is 3.10 bits per heavy atom. The van der Waals surface area contributed by atoms with Crippen LogP contribution >= 0.6 is 23.1 Å². The third-order valence-electron chi connectivity index (χ3n) is 2.91. The lowest BCUT2D eigenvalue weighted by molar-refractivity contribution is 0.517. The van der Waals surface area contributed by atoms with Crippen molar-refractivity contribution in [2.45, 2.75) is 24.4 Å². The van der Waals surface area contributed by atoms with Gasteiger partial charge in [0.2, 0.25) is 5.16 Å². The lowest BCUT2D eigenvalue weighted by Crippen LogP contribution is -2.20. The van der Waals surface area contributed by atoms with Crippen molar-refractivity contribution in [3.8, 4) is 0 Å². The van der Waals surface area contributed by atoms with E-state index in [1.54, 1.807) is 23.1 Å². The normalized spacial score (nSPS) is 11.3. The Labute approximate surface area is 131 Å². The molecule has 0 atom stereocenters. The third-order valence-corrected chi connectivity index (χ3v) is 5.10. The number of likely N-dealkylation sites (N-methyl/N-ethyl adjacent to an activating group) is 1. The summed E-state index contributed by atoms with van der Waals surface area (Å²) in [7, 11) is 0. The first-order chi connectivity index (χ1) is 10.4. The van der Waals surface area contributed by atoms with Gasteiger partial charge in [0.1, 0.15) is 5.01 Å². The Kier molecular flexibility index (Phi) is 4.79. The number of nitrogens with one attached hydrogen (secondary N) is 1. The van der Waals surface area contributed by atoms with Gasteiger partial charge in [-0.1, -0.05) is 30.8 Å². The van der Waals surface area contributed by atoms with Gasteiger partial charge in [0.05, 0.1) is 22.5 Å². The fourth-order valence-electron chi connectivity index (χ4n) is 1.91. The Morgan fingerprint density at radius 2 is 2.24 bits per heavy atom. The van der Waals surface area contributed by atoms with E-state index in [0.29, 0.717) is 0 Å². The van der Waals surface area contributed by atoms with E-state index in [2.05, 4.69) is 38.8 Å². The van der Waals surface area contributed by atoms with Crippen molar-refractivity contribution >= 4 is 33.3 Å². The van der Waals surface area contributed by atoms with Gasteiger partial charge in [0.25, 0.3) is 0 Å². The highest BCUT2D eigenvalue weighted by Crippen LogP contribution is 2.27. The summed E-state index contributed by atoms with van der Waals surface area (Å²) in [5.74, 6) is 0.793. The Balaban J connectivity index is 1.63. The maximum Gasteiger partial charge on any atom is 0.209 e. The van der Waals surface area contributed by atoms with Crippen LogP contribution in [0.2, 0.25) is 0 Å². The van der Waals surface area contributed by atoms with Gasteiger partial charge < -0.3 is 5.32 Å². The molecule has 0 bridgehead atoms. The number of nitrogens with zero attached hydrogens (tertiary/aromatic N) is 5. The second kappa shape index (κ2) is 6.97. The molecule has 0 unspecified atom stereocenters. The molecule has 0 aliphatic rings. The summed E-state index contributed by atoms with van der Waals surface area (Å²) in [6.45, 7) is 4.69. The molecule has 2 heterocycles. The molecule has 3 aromatic rings. The molecular formula is C13H16N6S2. The summed E-state index contributed by atoms with van der Waals surface area (Å²) in [6.07, 6.45) is 0. The Bertz CT molecular complexity index is 674. The van der Waals surface area contributed by atoms with Crippen LogP contribution in [0.5, 0.6) is 0 Å². The number of hydrogen-bond donors (Lipinski definition) is 1. The van der Waals surface area contributed by atoms with E-state index < -0.39 is 0 Å². The first-order valence-electron chi connectivity index (χ1n) is 6.81. The second-order valence-corrected chi connectivity index (χ2v) is 6.46. The van der Waals surface area contributed by atoms with Crippen LogP contribution in [0, 0.1) is 0 Å². The van der Waals surface area contributed by atoms with Gasteiger partial charge in [-0.05, 0) is 29.1 Å². The molecule has 0 spiro atoms. The lowest BCUT2D eigenvalue weighted by atomic mass is 10.3. The molecule has 0 aliphatic carbocycles. The molecule has 21 heavy (non-hydrogen) atoms. The molecular weight excluding hydrogens is 304 g/mol. The summed E-state index contributed by atoms with van der Waals surface area (Å²) in [4.78, 5) is 4.62. The van der Waals surface area contributed by atoms with Crippen molar-refractivity contribution in [1.82, 2.24) is 30.5 Å². The standard InChI is InChI=1S/C13H16N6S2/c1-2-14-7-8-19-13(16-17-18-19)20-9-12-15-10-5-3-4-6-11(10)21-12/h3-6,14H,2,7-9H2,1H3. The first kappa shape index (κ1) is 14.4. The first-order valence-corrected chi connectivity index (χ1v) is 8.61. The minimum Gasteiger partial charge on any atom is -0.315 e. The number of tetrazole rings is 1. The van der Waals surface area contributed by atoms with E-state index in [9.17, 15) is 0 Å². The lowest BCUT2D eigenvalue weighted by Gasteiger charge is -2.03. The minimum absolute atomic E-state index is 0.781. The average Bonchev–Trinajstić information content (AvgIpc) is 3.11. The highest BCUT2D eigenvalue weighted by atomic mass is 32.2. The highest BCUT2D eigenvalue weighted by Gasteiger charge is 2.09. The van der Waals surface area contributed by atoms with E-state index in [1.165, 1.54) is 4.70 Å². The summed E-state index contributed by atoms with van der Waals surface area (Å²) in [6, 6.07) is 8.20. The number of rotatable bonds is 7. The molecule has 3 rings (SSSR count). The van der Waals surface area contributed by atoms with E-state index in [1.807, 2.05) is 22.9 Å². The molecule has 6 nitrogen and oxygen atoms in total. The summed E-state index contributed by atoms with van der Waals surface area (Å²) >= 11 is 3.35. The summed E-state index contributed by atoms with van der Waals surface area (Å²) in [5.41, 5.74) is 1.06. The fraction of sp³-hybridized carbons (Fsp3) is 0.385. The van der Waals surface area contributed by atoms with Gasteiger partial charge in [0.15, 0.2) is 0 Å². The quantitative estimate of drug-likeness (QED) is 0.531. The van der Waals surface area contributed by atoms with Gasteiger partial charge >= 0.3 is 0 Å². The predicted molar refractivity (Wildman–Crippen MR) is 85.5 cm³/mol. The molecule has 0 aliphatic heterocycles. The van der Waals surface area contributed by atoms with Crippen LogP contribution in [0.3, 0.4) is 0 Å². The fourth-order valence-corrected chi connectivity index (χ4v) is 3.77. The summed E-state index contributed by atoms with van der Waals surface area (Å²) < 4.78 is 3.06. The molecule has 0 radical (unpaired) electrons. The predicted octanol–water partition coefficient (Wildman–Crippen LogP) is 2.18. The third kappa shape index (κ3) is 3.58. The van der Waals surface area contributed by atoms with Crippen LogP contribution in [0.4, 0.5) is 0 Å². The van der Waals surface area contributed by atoms with Crippen molar-refractivity contribution in [2.75, 3.05) is 13.1 Å². The highest BCUT2D eigenvalue weighted by molar-refractivity contribution is 7.98. The molecule has 1 aromatic carbocycles. The SMILES string of the molecule is CCNCCn1nnnc1SCc1nc2ccccc2s1. The van der Waals surface area contributed by atoms with Crippen molar-refractivity contribution in [3.63, 3.8) is 0 Å². The Hall–Kier alpha value is -1.51. The largest absolute Gasteiger partial charge is 0.315 e. The minimum atomic E-state index is 0.781. The van der Waals surface area contributed by atoms with Crippen LogP contribution in [-0.2, 0) is 12.3 Å². The monoisotopic (exact) mass is 320 g/mol. The van der Waals surface area contributed by atoms with E-state index in [4.69, 9.17) is 0 Å². The molecule has 2 aromatic heterocycles. The van der Waals surface area contributed by atoms with Crippen LogP contribution in [0.15, 0.2) is 29.4 Å². The van der Waals surface area contributed by atoms with E-state index in [0.717, 1.165) is 41.1 Å². The van der Waals surface area contributed by atoms with E-state index in [-0.39, 0.29) is 0 Å². The average molecular weight is 320 g/mol. The topological polar surface area (TPSA) is 68.5 Å². The number of thiazole rings is 1. The van der Waals surface area contributed by atoms with Gasteiger partial charge in [0, 0.05) is 6.54 Å². The number of para-hydroxylation sites is 1. The molecule has 0 saturated carbocycles. The van der Waals surface area contributed by atoms with Crippen LogP contribution in [-0.4, -0.2) is 38.3 Å². The number of aromatic nitrogens is 5. The second-order valence-electron chi connectivity index (χ2n) is 4.40. The van der Waals surface area contributed by atoms with E-state index >= 15 is 0 Å². The molecule has 0 fully saturated rings. The number of hydrogen-bond acceptors (Lipinski definition) is 7. The maximum absolute atomic E-state index is 4.62. The van der Waals surface area contributed by atoms with Gasteiger partial charge in [-0.15, -0.1) is 16.4 Å². The van der Waals surface area contributed by atoms with Crippen molar-refractivity contribution < 1.29 is 0 Å². The van der Waals surface area contributed by atoms with Crippen molar-refractivity contribution in [1.29, 1.82) is 0 Å². The zero-order chi connectivity index (χ0) is 14.5. The van der Waals surface area contributed by atoms with Crippen LogP contribution < -0.4 is 5.32 Å². The van der Waals surface area contributed by atoms with Crippen LogP contribution in [0.1, 0.15) is 11.9 Å². The number of fused-ring (bicyclic) bond motifs is 1. The molecule has 0 amide bonds.